The molecule has 19 heteroatoms. The van der Waals surface area contributed by atoms with E-state index in [-0.39, 0.29) is 25.0 Å². The molecule has 0 saturated carbocycles. The Morgan fingerprint density at radius 2 is 0.718 bits per heavy atom. The van der Waals surface area contributed by atoms with Crippen LogP contribution in [-0.4, -0.2) is 74.9 Å². The monoisotopic (exact) mass is 1480 g/mol. The summed E-state index contributed by atoms with van der Waals surface area (Å²) in [6, 6.07) is 47.7. The fourth-order valence-electron chi connectivity index (χ4n) is 13.2. The summed E-state index contributed by atoms with van der Waals surface area (Å²) in [6.45, 7) is 19.8. The quantitative estimate of drug-likeness (QED) is 0.0120. The lowest BCUT2D eigenvalue weighted by Gasteiger charge is -2.39. The Hall–Kier alpha value is -6.07. The summed E-state index contributed by atoms with van der Waals surface area (Å²) in [6.07, 6.45) is 12.3. The zero-order valence-corrected chi connectivity index (χ0v) is 65.9. The Kier molecular flexibility index (Phi) is 37.9. The third-order valence-corrected chi connectivity index (χ3v) is 29.9. The fourth-order valence-corrected chi connectivity index (χ4v) is 27.3. The van der Waals surface area contributed by atoms with Crippen LogP contribution in [0.3, 0.4) is 0 Å². The molecule has 0 heterocycles. The molecule has 0 saturated heterocycles. The van der Waals surface area contributed by atoms with E-state index < -0.39 is 62.3 Å². The summed E-state index contributed by atoms with van der Waals surface area (Å²) in [5.74, 6) is 0.777. The first-order valence-corrected chi connectivity index (χ1v) is 47.4. The molecule has 6 aromatic carbocycles. The third kappa shape index (κ3) is 34.8. The van der Waals surface area contributed by atoms with E-state index >= 15 is 0 Å². The van der Waals surface area contributed by atoms with Crippen molar-refractivity contribution < 1.29 is 72.6 Å². The average Bonchev–Trinajstić information content (AvgIpc) is 0.796. The van der Waals surface area contributed by atoms with Gasteiger partial charge in [-0.1, -0.05) is 226 Å². The predicted octanol–water partition coefficient (Wildman–Crippen LogP) is 25.9. The highest BCUT2D eigenvalue weighted by Gasteiger charge is 2.40. The summed E-state index contributed by atoms with van der Waals surface area (Å²) in [4.78, 5) is 28.0. The van der Waals surface area contributed by atoms with Gasteiger partial charge in [0, 0.05) is 37.2 Å². The van der Waals surface area contributed by atoms with Crippen molar-refractivity contribution in [1.29, 1.82) is 0 Å². The number of hydrogen-bond donors (Lipinski definition) is 0. The molecule has 0 spiro atoms. The molecule has 2 atom stereocenters. The minimum Gasteiger partial charge on any atom is -0.486 e. The molecule has 0 N–H and O–H groups in total. The molecule has 0 aliphatic rings. The van der Waals surface area contributed by atoms with Crippen LogP contribution in [0, 0.1) is 0 Å². The van der Waals surface area contributed by atoms with Gasteiger partial charge in [-0.25, -0.2) is 9.59 Å². The van der Waals surface area contributed by atoms with Crippen molar-refractivity contribution in [1.82, 2.24) is 0 Å². The lowest BCUT2D eigenvalue weighted by molar-refractivity contribution is -0.136. The topological polar surface area (TPSA) is 108 Å². The van der Waals surface area contributed by atoms with Gasteiger partial charge in [0.05, 0.1) is 36.5 Å². The van der Waals surface area contributed by atoms with Gasteiger partial charge in [0.2, 0.25) is 0 Å². The highest BCUT2D eigenvalue weighted by molar-refractivity contribution is 6.87. The number of carbonyl (C=O) groups is 2. The standard InChI is InChI=1S/C84H118F6O10Si3/c1-9-11-13-17-29-43-73(95-79-75(69-39-25-23-26-40-69)47-35-49-77(79)97-81(91)71-55-51-67(52-56-71)65-93-61-33-21-15-19-31-59-83(85,86)87)45-37-63-101(3,4)99-103(7,8)100-102(5,6)64-38-46-74(44-30-18-14-12-10-2)96-80-76(70-41-27-24-28-42-70)48-36-50-78(80)98-82(92)72-57-53-68(54-58-72)66-94-62-34-22-16-20-32-60-84(88,89)90/h23-28,35-36,39-42,47-58,73-74H,9-22,29-34,37-38,43-46,59-66H2,1-8H3. The molecule has 0 fully saturated rings. The van der Waals surface area contributed by atoms with Gasteiger partial charge in [0.25, 0.3) is 0 Å². The van der Waals surface area contributed by atoms with Crippen molar-refractivity contribution in [3.05, 3.63) is 168 Å². The van der Waals surface area contributed by atoms with Gasteiger partial charge in [-0.15, -0.1) is 0 Å². The maximum Gasteiger partial charge on any atom is 0.389 e. The molecule has 0 aromatic heterocycles. The third-order valence-electron chi connectivity index (χ3n) is 18.4. The smallest absolute Gasteiger partial charge is 0.389 e. The predicted molar refractivity (Wildman–Crippen MR) is 412 cm³/mol. The highest BCUT2D eigenvalue weighted by Crippen LogP contribution is 2.43. The van der Waals surface area contributed by atoms with Crippen LogP contribution in [0.4, 0.5) is 26.3 Å². The molecule has 0 aliphatic carbocycles. The summed E-state index contributed by atoms with van der Waals surface area (Å²) in [7, 11) is -7.25. The summed E-state index contributed by atoms with van der Waals surface area (Å²) in [5.41, 5.74) is 6.15. The number of esters is 2. The second kappa shape index (κ2) is 45.4. The van der Waals surface area contributed by atoms with Crippen LogP contribution >= 0.6 is 0 Å². The van der Waals surface area contributed by atoms with E-state index in [0.717, 1.165) is 174 Å². The summed E-state index contributed by atoms with van der Waals surface area (Å²) in [5, 5.41) is 0. The van der Waals surface area contributed by atoms with Gasteiger partial charge < -0.3 is 36.7 Å². The summed E-state index contributed by atoms with van der Waals surface area (Å²) < 4.78 is 128. The van der Waals surface area contributed by atoms with Gasteiger partial charge in [-0.3, -0.25) is 0 Å². The molecule has 6 aromatic rings. The van der Waals surface area contributed by atoms with Gasteiger partial charge in [-0.2, -0.15) is 26.3 Å². The molecule has 2 unspecified atom stereocenters. The number of benzene rings is 6. The Balaban J connectivity index is 1.07. The van der Waals surface area contributed by atoms with E-state index in [1.807, 2.05) is 109 Å². The van der Waals surface area contributed by atoms with Crippen LogP contribution in [0.15, 0.2) is 146 Å². The maximum atomic E-state index is 14.0. The van der Waals surface area contributed by atoms with Crippen LogP contribution in [-0.2, 0) is 30.9 Å². The van der Waals surface area contributed by atoms with Crippen LogP contribution in [0.25, 0.3) is 22.3 Å². The Labute approximate surface area is 615 Å². The van der Waals surface area contributed by atoms with Gasteiger partial charge in [0.1, 0.15) is 0 Å². The second-order valence-corrected chi connectivity index (χ2v) is 41.8. The molecule has 6 rings (SSSR count). The minimum atomic E-state index is -4.10. The first-order valence-electron chi connectivity index (χ1n) is 38.3. The van der Waals surface area contributed by atoms with Crippen molar-refractivity contribution in [2.75, 3.05) is 13.2 Å². The minimum absolute atomic E-state index is 0.155. The van der Waals surface area contributed by atoms with Crippen molar-refractivity contribution in [2.24, 2.45) is 0 Å². The molecule has 0 aliphatic heterocycles. The second-order valence-electron chi connectivity index (χ2n) is 29.3. The van der Waals surface area contributed by atoms with Crippen LogP contribution in [0.5, 0.6) is 23.0 Å². The molecule has 103 heavy (non-hydrogen) atoms. The fraction of sp³-hybridized carbons (Fsp3) is 0.548. The number of para-hydroxylation sites is 2. The van der Waals surface area contributed by atoms with E-state index in [2.05, 4.69) is 53.1 Å². The van der Waals surface area contributed by atoms with Crippen LogP contribution < -0.4 is 18.9 Å². The van der Waals surface area contributed by atoms with Gasteiger partial charge >= 0.3 is 32.9 Å². The lowest BCUT2D eigenvalue weighted by Crippen LogP contribution is -2.52. The molecule has 568 valence electrons. The molecule has 0 amide bonds. The number of ether oxygens (including phenoxy) is 6. The normalized spacial score (nSPS) is 12.9. The van der Waals surface area contributed by atoms with E-state index in [0.29, 0.717) is 73.4 Å². The molecule has 0 bridgehead atoms. The first-order chi connectivity index (χ1) is 49.3. The zero-order chi connectivity index (χ0) is 74.4. The highest BCUT2D eigenvalue weighted by atomic mass is 28.5. The van der Waals surface area contributed by atoms with E-state index in [4.69, 9.17) is 36.7 Å². The first kappa shape index (κ1) is 85.9. The number of halogens is 6. The number of unbranched alkanes of at least 4 members (excludes halogenated alkanes) is 16. The van der Waals surface area contributed by atoms with Gasteiger partial charge in [0.15, 0.2) is 39.6 Å². The Morgan fingerprint density at radius 1 is 0.379 bits per heavy atom. The largest absolute Gasteiger partial charge is 0.486 e. The van der Waals surface area contributed by atoms with Crippen molar-refractivity contribution in [3.8, 4) is 45.3 Å². The molecular formula is C84H118F6O10Si3. The Bertz CT molecular complexity index is 3110. The number of rotatable bonds is 52. The van der Waals surface area contributed by atoms with Crippen molar-refractivity contribution in [2.45, 2.75) is 283 Å². The van der Waals surface area contributed by atoms with E-state index in [1.54, 1.807) is 36.4 Å². The maximum absolute atomic E-state index is 14.0. The van der Waals surface area contributed by atoms with Crippen molar-refractivity contribution >= 4 is 37.1 Å². The Morgan fingerprint density at radius 3 is 1.09 bits per heavy atom. The number of alkyl halides is 6. The zero-order valence-electron chi connectivity index (χ0n) is 62.9. The SMILES string of the molecule is CCCCCCCC(CCC[Si](C)(C)O[Si](C)(C)O[Si](C)(C)CCCC(CCCCCCC)Oc1c(OC(=O)c2ccc(COCCCCCCCC(F)(F)F)cc2)cccc1-c1ccccc1)Oc1c(OC(=O)c2ccc(COCCCCCCCC(F)(F)F)cc2)cccc1-c1ccccc1. The number of hydrogen-bond acceptors (Lipinski definition) is 10. The van der Waals surface area contributed by atoms with E-state index in [1.165, 1.54) is 12.8 Å². The average molecular weight is 1490 g/mol. The van der Waals surface area contributed by atoms with Crippen molar-refractivity contribution in [3.63, 3.8) is 0 Å². The molecule has 10 nitrogen and oxygen atoms in total. The van der Waals surface area contributed by atoms with Gasteiger partial charge in [-0.05, 0) is 174 Å². The van der Waals surface area contributed by atoms with Crippen LogP contribution in [0.1, 0.15) is 225 Å². The molecular weight excluding hydrogens is 1370 g/mol. The lowest BCUT2D eigenvalue weighted by atomic mass is 10.0. The molecule has 0 radical (unpaired) electrons. The van der Waals surface area contributed by atoms with Crippen LogP contribution in [0.2, 0.25) is 51.4 Å². The van der Waals surface area contributed by atoms with E-state index in [9.17, 15) is 35.9 Å². The summed E-state index contributed by atoms with van der Waals surface area (Å²) >= 11 is 0. The number of carbonyl (C=O) groups excluding carboxylic acids is 2.